The number of carbonyl (C=O) groups is 1. The molecular weight excluding hydrogens is 334 g/mol. The first-order valence-corrected chi connectivity index (χ1v) is 7.97. The van der Waals surface area contributed by atoms with Gasteiger partial charge < -0.3 is 9.30 Å². The number of ether oxygens (including phenoxy) is 1. The van der Waals surface area contributed by atoms with Gasteiger partial charge in [0.2, 0.25) is 0 Å². The fourth-order valence-corrected chi connectivity index (χ4v) is 2.63. The predicted octanol–water partition coefficient (Wildman–Crippen LogP) is 3.22. The molecule has 0 amide bonds. The van der Waals surface area contributed by atoms with Crippen LogP contribution in [0.25, 0.3) is 0 Å². The Balaban J connectivity index is 1.72. The molecule has 0 saturated heterocycles. The number of carbonyl (C=O) groups excluding carboxylic acids is 1. The third-order valence-electron chi connectivity index (χ3n) is 4.04. The second-order valence-corrected chi connectivity index (χ2v) is 5.76. The molecule has 132 valence electrons. The summed E-state index contributed by atoms with van der Waals surface area (Å²) >= 11 is 0. The first-order valence-electron chi connectivity index (χ1n) is 7.97. The van der Waals surface area contributed by atoms with Crippen molar-refractivity contribution in [3.63, 3.8) is 0 Å². The van der Waals surface area contributed by atoms with Crippen LogP contribution in [0.4, 0.5) is 5.69 Å². The minimum Gasteiger partial charge on any atom is -0.465 e. The quantitative estimate of drug-likeness (QED) is 0.386. The highest BCUT2D eigenvalue weighted by Crippen LogP contribution is 2.16. The van der Waals surface area contributed by atoms with Gasteiger partial charge in [-0.15, -0.1) is 0 Å². The summed E-state index contributed by atoms with van der Waals surface area (Å²) in [6.07, 6.45) is 4.18. The highest BCUT2D eigenvalue weighted by molar-refractivity contribution is 5.89. The molecule has 26 heavy (non-hydrogen) atoms. The summed E-state index contributed by atoms with van der Waals surface area (Å²) in [4.78, 5) is 26.2. The van der Waals surface area contributed by atoms with Gasteiger partial charge in [0.1, 0.15) is 5.82 Å². The first kappa shape index (κ1) is 17.3. The zero-order valence-electron chi connectivity index (χ0n) is 14.2. The van der Waals surface area contributed by atoms with Crippen LogP contribution in [0.1, 0.15) is 27.3 Å². The van der Waals surface area contributed by atoms with E-state index in [1.54, 1.807) is 30.5 Å². The molecule has 0 N–H and O–H groups in total. The molecule has 1 aromatic heterocycles. The summed E-state index contributed by atoms with van der Waals surface area (Å²) in [5.41, 5.74) is 2.56. The maximum Gasteiger partial charge on any atom is 0.337 e. The van der Waals surface area contributed by atoms with Crippen molar-refractivity contribution in [3.05, 3.63) is 93.6 Å². The van der Waals surface area contributed by atoms with Crippen molar-refractivity contribution in [3.8, 4) is 0 Å². The van der Waals surface area contributed by atoms with Gasteiger partial charge in [-0.2, -0.15) is 0 Å². The number of esters is 1. The molecule has 0 bridgehead atoms. The summed E-state index contributed by atoms with van der Waals surface area (Å²) in [7, 11) is 1.35. The van der Waals surface area contributed by atoms with Crippen LogP contribution in [0.3, 0.4) is 0 Å². The number of imidazole rings is 1. The molecule has 0 aliphatic rings. The van der Waals surface area contributed by atoms with Gasteiger partial charge in [-0.3, -0.25) is 10.1 Å². The summed E-state index contributed by atoms with van der Waals surface area (Å²) in [6, 6.07) is 13.7. The summed E-state index contributed by atoms with van der Waals surface area (Å²) in [5.74, 6) is 0.494. The topological polar surface area (TPSA) is 87.3 Å². The molecule has 0 saturated carbocycles. The molecule has 0 unspecified atom stereocenters. The van der Waals surface area contributed by atoms with E-state index in [2.05, 4.69) is 4.98 Å². The van der Waals surface area contributed by atoms with Gasteiger partial charge in [-0.25, -0.2) is 9.78 Å². The number of nitrogens with zero attached hydrogens (tertiary/aromatic N) is 3. The Hall–Kier alpha value is -3.48. The predicted molar refractivity (Wildman–Crippen MR) is 95.0 cm³/mol. The van der Waals surface area contributed by atoms with Gasteiger partial charge in [0.05, 0.1) is 17.6 Å². The maximum absolute atomic E-state index is 11.5. The second kappa shape index (κ2) is 7.60. The van der Waals surface area contributed by atoms with E-state index in [1.165, 1.54) is 19.2 Å². The van der Waals surface area contributed by atoms with Gasteiger partial charge in [-0.1, -0.05) is 24.3 Å². The molecule has 0 radical (unpaired) electrons. The number of benzene rings is 2. The van der Waals surface area contributed by atoms with Gasteiger partial charge in [0.15, 0.2) is 0 Å². The van der Waals surface area contributed by atoms with Crippen LogP contribution < -0.4 is 0 Å². The normalized spacial score (nSPS) is 10.5. The zero-order chi connectivity index (χ0) is 18.5. The first-order chi connectivity index (χ1) is 12.6. The van der Waals surface area contributed by atoms with Crippen LogP contribution in [0, 0.1) is 10.1 Å². The zero-order valence-corrected chi connectivity index (χ0v) is 14.2. The van der Waals surface area contributed by atoms with Crippen LogP contribution in [0.15, 0.2) is 60.9 Å². The van der Waals surface area contributed by atoms with E-state index in [1.807, 2.05) is 22.9 Å². The number of hydrogen-bond donors (Lipinski definition) is 0. The molecule has 3 aromatic rings. The van der Waals surface area contributed by atoms with Crippen molar-refractivity contribution in [2.24, 2.45) is 0 Å². The van der Waals surface area contributed by atoms with Crippen LogP contribution >= 0.6 is 0 Å². The lowest BCUT2D eigenvalue weighted by atomic mass is 10.1. The van der Waals surface area contributed by atoms with Gasteiger partial charge >= 0.3 is 5.97 Å². The molecule has 0 aliphatic heterocycles. The fraction of sp³-hybridized carbons (Fsp3) is 0.158. The third kappa shape index (κ3) is 3.94. The van der Waals surface area contributed by atoms with Crippen molar-refractivity contribution in [1.82, 2.24) is 9.55 Å². The van der Waals surface area contributed by atoms with Crippen molar-refractivity contribution < 1.29 is 14.5 Å². The number of hydrogen-bond acceptors (Lipinski definition) is 5. The van der Waals surface area contributed by atoms with Gasteiger partial charge in [-0.05, 0) is 23.3 Å². The highest BCUT2D eigenvalue weighted by atomic mass is 16.6. The van der Waals surface area contributed by atoms with E-state index in [0.29, 0.717) is 18.5 Å². The molecule has 0 spiro atoms. The average Bonchev–Trinajstić information content (AvgIpc) is 3.09. The molecule has 1 heterocycles. The van der Waals surface area contributed by atoms with E-state index >= 15 is 0 Å². The lowest BCUT2D eigenvalue weighted by Crippen LogP contribution is -2.06. The van der Waals surface area contributed by atoms with Crippen LogP contribution in [0.5, 0.6) is 0 Å². The molecule has 7 nitrogen and oxygen atoms in total. The van der Waals surface area contributed by atoms with E-state index in [9.17, 15) is 14.9 Å². The molecule has 2 aromatic carbocycles. The number of nitro groups is 1. The molecule has 3 rings (SSSR count). The lowest BCUT2D eigenvalue weighted by molar-refractivity contribution is -0.384. The Kier molecular flexibility index (Phi) is 5.07. The largest absolute Gasteiger partial charge is 0.465 e. The molecule has 7 heteroatoms. The SMILES string of the molecule is COC(=O)c1ccc(Cn2ccnc2Cc2ccc([N+](=O)[O-])cc2)cc1. The van der Waals surface area contributed by atoms with E-state index in [-0.39, 0.29) is 11.7 Å². The van der Waals surface area contributed by atoms with Crippen LogP contribution in [-0.2, 0) is 17.7 Å². The summed E-state index contributed by atoms with van der Waals surface area (Å²) < 4.78 is 6.70. The standard InChI is InChI=1S/C19H17N3O4/c1-26-19(23)16-6-2-15(3-7-16)13-21-11-10-20-18(21)12-14-4-8-17(9-5-14)22(24)25/h2-11H,12-13H2,1H3. The average molecular weight is 351 g/mol. The van der Waals surface area contributed by atoms with Crippen molar-refractivity contribution in [2.75, 3.05) is 7.11 Å². The second-order valence-electron chi connectivity index (χ2n) is 5.76. The Morgan fingerprint density at radius 2 is 1.77 bits per heavy atom. The van der Waals surface area contributed by atoms with E-state index in [0.717, 1.165) is 17.0 Å². The fourth-order valence-electron chi connectivity index (χ4n) is 2.63. The van der Waals surface area contributed by atoms with Crippen molar-refractivity contribution in [2.45, 2.75) is 13.0 Å². The Bertz CT molecular complexity index is 915. The highest BCUT2D eigenvalue weighted by Gasteiger charge is 2.09. The number of rotatable bonds is 6. The Morgan fingerprint density at radius 3 is 2.38 bits per heavy atom. The lowest BCUT2D eigenvalue weighted by Gasteiger charge is -2.09. The molecule has 0 fully saturated rings. The number of nitro benzene ring substituents is 1. The molecule has 0 atom stereocenters. The van der Waals surface area contributed by atoms with Gasteiger partial charge in [0.25, 0.3) is 5.69 Å². The monoisotopic (exact) mass is 351 g/mol. The third-order valence-corrected chi connectivity index (χ3v) is 4.04. The summed E-state index contributed by atoms with van der Waals surface area (Å²) in [6.45, 7) is 0.615. The number of methoxy groups -OCH3 is 1. The smallest absolute Gasteiger partial charge is 0.337 e. The minimum absolute atomic E-state index is 0.0720. The summed E-state index contributed by atoms with van der Waals surface area (Å²) in [5, 5.41) is 10.7. The minimum atomic E-state index is -0.414. The van der Waals surface area contributed by atoms with Crippen molar-refractivity contribution in [1.29, 1.82) is 0 Å². The molecule has 0 aliphatic carbocycles. The Morgan fingerprint density at radius 1 is 1.12 bits per heavy atom. The van der Waals surface area contributed by atoms with E-state index in [4.69, 9.17) is 4.74 Å². The van der Waals surface area contributed by atoms with Crippen LogP contribution in [-0.4, -0.2) is 27.6 Å². The van der Waals surface area contributed by atoms with Gasteiger partial charge in [0, 0.05) is 37.5 Å². The number of non-ortho nitro benzene ring substituents is 1. The molecular formula is C19H17N3O4. The maximum atomic E-state index is 11.5. The number of aromatic nitrogens is 2. The van der Waals surface area contributed by atoms with Crippen LogP contribution in [0.2, 0.25) is 0 Å². The Labute approximate surface area is 150 Å². The van der Waals surface area contributed by atoms with Crippen molar-refractivity contribution >= 4 is 11.7 Å². The van der Waals surface area contributed by atoms with E-state index < -0.39 is 4.92 Å².